The van der Waals surface area contributed by atoms with Crippen molar-refractivity contribution in [1.29, 1.82) is 0 Å². The average Bonchev–Trinajstić information content (AvgIpc) is 3.47. The lowest BCUT2D eigenvalue weighted by Gasteiger charge is -2.12. The van der Waals surface area contributed by atoms with E-state index in [1.165, 1.54) is 11.3 Å². The maximum Gasteiger partial charge on any atom is 0.293 e. The molecule has 1 saturated heterocycles. The fraction of sp³-hybridized carbons (Fsp3) is 0.261. The lowest BCUT2D eigenvalue weighted by atomic mass is 10.2. The van der Waals surface area contributed by atoms with Crippen molar-refractivity contribution in [2.24, 2.45) is 0 Å². The summed E-state index contributed by atoms with van der Waals surface area (Å²) in [6.45, 7) is 2.60. The third-order valence-electron chi connectivity index (χ3n) is 5.71. The number of nitrogens with zero attached hydrogens (tertiary/aromatic N) is 3. The molecule has 8 nitrogen and oxygen atoms in total. The van der Waals surface area contributed by atoms with Crippen LogP contribution in [0.1, 0.15) is 33.0 Å². The number of rotatable bonds is 5. The second kappa shape index (κ2) is 8.60. The van der Waals surface area contributed by atoms with Gasteiger partial charge in [-0.2, -0.15) is 0 Å². The summed E-state index contributed by atoms with van der Waals surface area (Å²) >= 11 is 2.09. The SMILES string of the molecule is Cc1c(C(=O)NCCN2C(=O)S/C(=C\c3ccccc3)C2=O)sc2nc3n(c(=O)c12)CCC3. The van der Waals surface area contributed by atoms with Crippen LogP contribution in [0.5, 0.6) is 0 Å². The second-order valence-corrected chi connectivity index (χ2v) is 9.82. The molecule has 3 aromatic rings. The first-order chi connectivity index (χ1) is 15.9. The molecule has 1 fully saturated rings. The number of hydrogen-bond acceptors (Lipinski definition) is 7. The summed E-state index contributed by atoms with van der Waals surface area (Å²) in [4.78, 5) is 57.6. The number of hydrogen-bond donors (Lipinski definition) is 1. The largest absolute Gasteiger partial charge is 0.350 e. The first-order valence-corrected chi connectivity index (χ1v) is 12.2. The number of carbonyl (C=O) groups is 3. The van der Waals surface area contributed by atoms with Crippen molar-refractivity contribution in [1.82, 2.24) is 19.8 Å². The zero-order valence-electron chi connectivity index (χ0n) is 17.8. The summed E-state index contributed by atoms with van der Waals surface area (Å²) in [6.07, 6.45) is 3.35. The Labute approximate surface area is 197 Å². The van der Waals surface area contributed by atoms with Crippen LogP contribution in [0, 0.1) is 6.92 Å². The van der Waals surface area contributed by atoms with E-state index in [0.717, 1.165) is 40.9 Å². The molecule has 0 bridgehead atoms. The number of thiophene rings is 1. The minimum Gasteiger partial charge on any atom is -0.350 e. The highest BCUT2D eigenvalue weighted by Crippen LogP contribution is 2.32. The van der Waals surface area contributed by atoms with Crippen molar-refractivity contribution < 1.29 is 14.4 Å². The summed E-state index contributed by atoms with van der Waals surface area (Å²) < 4.78 is 1.69. The van der Waals surface area contributed by atoms with Crippen LogP contribution >= 0.6 is 23.1 Å². The summed E-state index contributed by atoms with van der Waals surface area (Å²) in [5, 5.41) is 2.90. The molecule has 2 aliphatic heterocycles. The Hall–Kier alpha value is -3.24. The van der Waals surface area contributed by atoms with Crippen LogP contribution in [0.15, 0.2) is 40.0 Å². The monoisotopic (exact) mass is 480 g/mol. The molecule has 0 unspecified atom stereocenters. The highest BCUT2D eigenvalue weighted by Gasteiger charge is 2.34. The van der Waals surface area contributed by atoms with Crippen molar-refractivity contribution in [2.75, 3.05) is 13.1 Å². The number of aromatic nitrogens is 2. The van der Waals surface area contributed by atoms with E-state index >= 15 is 0 Å². The molecule has 33 heavy (non-hydrogen) atoms. The molecule has 4 heterocycles. The molecule has 1 aromatic carbocycles. The van der Waals surface area contributed by atoms with Crippen molar-refractivity contribution in [3.63, 3.8) is 0 Å². The molecule has 0 saturated carbocycles. The molecular formula is C23H20N4O4S2. The summed E-state index contributed by atoms with van der Waals surface area (Å²) in [5.74, 6) is 0.0587. The molecule has 2 aromatic heterocycles. The molecule has 3 amide bonds. The van der Waals surface area contributed by atoms with Crippen LogP contribution in [0.4, 0.5) is 4.79 Å². The number of nitrogens with one attached hydrogen (secondary N) is 1. The third-order valence-corrected chi connectivity index (χ3v) is 7.80. The quantitative estimate of drug-likeness (QED) is 0.563. The Morgan fingerprint density at radius 2 is 2.00 bits per heavy atom. The lowest BCUT2D eigenvalue weighted by molar-refractivity contribution is -0.122. The van der Waals surface area contributed by atoms with Crippen LogP contribution in [0.2, 0.25) is 0 Å². The van der Waals surface area contributed by atoms with Crippen molar-refractivity contribution >= 4 is 56.4 Å². The topological polar surface area (TPSA) is 101 Å². The molecule has 1 N–H and O–H groups in total. The average molecular weight is 481 g/mol. The van der Waals surface area contributed by atoms with Gasteiger partial charge in [-0.3, -0.25) is 28.6 Å². The normalized spacial score (nSPS) is 16.8. The van der Waals surface area contributed by atoms with Crippen molar-refractivity contribution in [2.45, 2.75) is 26.3 Å². The van der Waals surface area contributed by atoms with Gasteiger partial charge in [-0.15, -0.1) is 11.3 Å². The number of carbonyl (C=O) groups excluding carboxylic acids is 3. The summed E-state index contributed by atoms with van der Waals surface area (Å²) in [6, 6.07) is 9.32. The maximum atomic E-state index is 12.8. The predicted octanol–water partition coefficient (Wildman–Crippen LogP) is 3.18. The van der Waals surface area contributed by atoms with E-state index in [1.807, 2.05) is 30.3 Å². The minimum atomic E-state index is -0.368. The number of imide groups is 1. The number of thioether (sulfide) groups is 1. The Balaban J connectivity index is 1.27. The van der Waals surface area contributed by atoms with E-state index in [1.54, 1.807) is 17.6 Å². The summed E-state index contributed by atoms with van der Waals surface area (Å²) in [7, 11) is 0. The fourth-order valence-corrected chi connectivity index (χ4v) is 6.02. The molecule has 5 rings (SSSR count). The van der Waals surface area contributed by atoms with E-state index in [9.17, 15) is 19.2 Å². The van der Waals surface area contributed by atoms with Crippen molar-refractivity contribution in [3.8, 4) is 0 Å². The van der Waals surface area contributed by atoms with Gasteiger partial charge in [0, 0.05) is 26.1 Å². The highest BCUT2D eigenvalue weighted by atomic mass is 32.2. The lowest BCUT2D eigenvalue weighted by Crippen LogP contribution is -2.37. The van der Waals surface area contributed by atoms with Crippen LogP contribution < -0.4 is 10.9 Å². The van der Waals surface area contributed by atoms with Crippen LogP contribution in [0.3, 0.4) is 0 Å². The standard InChI is InChI=1S/C23H20N4O4S2/c1-13-17-20(25-16-8-5-10-26(16)22(17)30)33-18(13)19(28)24-9-11-27-21(29)15(32-23(27)31)12-14-6-3-2-4-7-14/h2-4,6-7,12H,5,8-11H2,1H3,(H,24,28)/b15-12-. The smallest absolute Gasteiger partial charge is 0.293 e. The maximum absolute atomic E-state index is 12.8. The van der Waals surface area contributed by atoms with Gasteiger partial charge in [0.2, 0.25) is 0 Å². The highest BCUT2D eigenvalue weighted by molar-refractivity contribution is 8.18. The van der Waals surface area contributed by atoms with Gasteiger partial charge in [-0.25, -0.2) is 4.98 Å². The zero-order chi connectivity index (χ0) is 23.1. The van der Waals surface area contributed by atoms with Gasteiger partial charge in [0.05, 0.1) is 15.2 Å². The number of amides is 3. The number of benzene rings is 1. The van der Waals surface area contributed by atoms with Crippen LogP contribution in [-0.2, 0) is 17.8 Å². The molecule has 0 atom stereocenters. The second-order valence-electron chi connectivity index (χ2n) is 7.82. The Kier molecular flexibility index (Phi) is 5.63. The van der Waals surface area contributed by atoms with Crippen molar-refractivity contribution in [3.05, 3.63) is 67.4 Å². The Morgan fingerprint density at radius 3 is 2.79 bits per heavy atom. The van der Waals surface area contributed by atoms with Gasteiger partial charge >= 0.3 is 0 Å². The Morgan fingerprint density at radius 1 is 1.21 bits per heavy atom. The van der Waals surface area contributed by atoms with E-state index in [0.29, 0.717) is 32.1 Å². The van der Waals surface area contributed by atoms with E-state index in [2.05, 4.69) is 10.3 Å². The first kappa shape index (κ1) is 21.6. The fourth-order valence-electron chi connectivity index (χ4n) is 4.05. The van der Waals surface area contributed by atoms with E-state index in [4.69, 9.17) is 0 Å². The summed E-state index contributed by atoms with van der Waals surface area (Å²) in [5.41, 5.74) is 1.36. The number of fused-ring (bicyclic) bond motifs is 2. The van der Waals surface area contributed by atoms with Crippen LogP contribution in [0.25, 0.3) is 16.3 Å². The van der Waals surface area contributed by atoms with E-state index in [-0.39, 0.29) is 35.7 Å². The Bertz CT molecular complexity index is 1390. The number of aryl methyl sites for hydroxylation is 2. The van der Waals surface area contributed by atoms with Gasteiger partial charge in [-0.1, -0.05) is 30.3 Å². The molecule has 10 heteroatoms. The molecule has 2 aliphatic rings. The van der Waals surface area contributed by atoms with Crippen LogP contribution in [-0.4, -0.2) is 44.6 Å². The molecule has 168 valence electrons. The first-order valence-electron chi connectivity index (χ1n) is 10.6. The van der Waals surface area contributed by atoms with Gasteiger partial charge in [0.1, 0.15) is 10.7 Å². The predicted molar refractivity (Wildman–Crippen MR) is 128 cm³/mol. The van der Waals surface area contributed by atoms with Gasteiger partial charge in [0.25, 0.3) is 22.6 Å². The third kappa shape index (κ3) is 3.89. The van der Waals surface area contributed by atoms with Gasteiger partial charge in [0.15, 0.2) is 0 Å². The molecule has 0 radical (unpaired) electrons. The minimum absolute atomic E-state index is 0.0711. The molecule has 0 aliphatic carbocycles. The van der Waals surface area contributed by atoms with Gasteiger partial charge in [-0.05, 0) is 42.3 Å². The zero-order valence-corrected chi connectivity index (χ0v) is 19.4. The molecular weight excluding hydrogens is 460 g/mol. The van der Waals surface area contributed by atoms with E-state index < -0.39 is 0 Å². The van der Waals surface area contributed by atoms with Gasteiger partial charge < -0.3 is 5.32 Å². The molecule has 0 spiro atoms.